The van der Waals surface area contributed by atoms with Crippen molar-refractivity contribution in [3.05, 3.63) is 12.3 Å². The molecule has 0 aromatic carbocycles. The van der Waals surface area contributed by atoms with Gasteiger partial charge < -0.3 is 14.7 Å². The summed E-state index contributed by atoms with van der Waals surface area (Å²) < 4.78 is 5.49. The van der Waals surface area contributed by atoms with Gasteiger partial charge in [0.15, 0.2) is 0 Å². The molecule has 2 unspecified atom stereocenters. The van der Waals surface area contributed by atoms with Crippen molar-refractivity contribution in [2.45, 2.75) is 25.2 Å². The first kappa shape index (κ1) is 12.7. The minimum atomic E-state index is -0.474. The van der Waals surface area contributed by atoms with E-state index in [0.29, 0.717) is 6.41 Å². The van der Waals surface area contributed by atoms with Crippen molar-refractivity contribution in [1.82, 2.24) is 10.2 Å². The van der Waals surface area contributed by atoms with Gasteiger partial charge in [-0.05, 0) is 12.8 Å². The molecule has 0 radical (unpaired) electrons. The number of carbonyl (C=O) groups is 2. The highest BCUT2D eigenvalue weighted by atomic mass is 16.5. The normalized spacial score (nSPS) is 24.6. The van der Waals surface area contributed by atoms with Crippen molar-refractivity contribution in [1.29, 1.82) is 0 Å². The summed E-state index contributed by atoms with van der Waals surface area (Å²) in [7, 11) is 1.77. The fraction of sp³-hybridized carbons (Fsp3) is 0.600. The van der Waals surface area contributed by atoms with E-state index in [9.17, 15) is 9.59 Å². The van der Waals surface area contributed by atoms with Crippen LogP contribution in [0, 0.1) is 0 Å². The van der Waals surface area contributed by atoms with E-state index in [-0.39, 0.29) is 18.9 Å². The van der Waals surface area contributed by atoms with Crippen LogP contribution in [0.1, 0.15) is 12.8 Å². The summed E-state index contributed by atoms with van der Waals surface area (Å²) in [5.74, 6) is -0.474. The number of nitrogens with one attached hydrogen (secondary N) is 1. The summed E-state index contributed by atoms with van der Waals surface area (Å²) in [5, 5.41) is 10.9. The van der Waals surface area contributed by atoms with Crippen molar-refractivity contribution in [3.63, 3.8) is 0 Å². The molecule has 0 bridgehead atoms. The molecule has 6 nitrogen and oxygen atoms in total. The van der Waals surface area contributed by atoms with Crippen molar-refractivity contribution in [2.75, 3.05) is 13.7 Å². The van der Waals surface area contributed by atoms with Gasteiger partial charge in [0.25, 0.3) is 5.91 Å². The van der Waals surface area contributed by atoms with Crippen molar-refractivity contribution >= 4 is 12.3 Å². The lowest BCUT2D eigenvalue weighted by molar-refractivity contribution is -0.121. The number of hydrogen-bond donors (Lipinski definition) is 2. The summed E-state index contributed by atoms with van der Waals surface area (Å²) in [6, 6.07) is 0. The fourth-order valence-corrected chi connectivity index (χ4v) is 1.51. The summed E-state index contributed by atoms with van der Waals surface area (Å²) in [6.07, 6.45) is 4.50. The maximum Gasteiger partial charge on any atom is 0.251 e. The third-order valence-electron chi connectivity index (χ3n) is 2.41. The molecule has 0 aromatic heterocycles. The molecule has 0 aromatic rings. The number of imide groups is 1. The highest BCUT2D eigenvalue weighted by Gasteiger charge is 2.26. The molecule has 1 fully saturated rings. The Bertz CT molecular complexity index is 280. The molecule has 1 saturated heterocycles. The molecule has 1 rings (SSSR count). The number of ether oxygens (including phenoxy) is 1. The van der Waals surface area contributed by atoms with Gasteiger partial charge >= 0.3 is 0 Å². The SMILES string of the molecule is CN(/C=C\C(=O)NC=O)C1CCC(CO)O1. The first-order valence-electron chi connectivity index (χ1n) is 5.08. The second kappa shape index (κ2) is 6.24. The number of nitrogens with zero attached hydrogens (tertiary/aromatic N) is 1. The molecule has 2 atom stereocenters. The summed E-state index contributed by atoms with van der Waals surface area (Å²) >= 11 is 0. The van der Waals surface area contributed by atoms with Crippen LogP contribution in [-0.2, 0) is 14.3 Å². The van der Waals surface area contributed by atoms with Crippen molar-refractivity contribution in [3.8, 4) is 0 Å². The smallest absolute Gasteiger partial charge is 0.251 e. The van der Waals surface area contributed by atoms with E-state index in [4.69, 9.17) is 9.84 Å². The van der Waals surface area contributed by atoms with Crippen LogP contribution in [0.25, 0.3) is 0 Å². The number of amides is 2. The monoisotopic (exact) mass is 228 g/mol. The Morgan fingerprint density at radius 3 is 2.94 bits per heavy atom. The lowest BCUT2D eigenvalue weighted by atomic mass is 10.2. The van der Waals surface area contributed by atoms with E-state index < -0.39 is 5.91 Å². The van der Waals surface area contributed by atoms with Gasteiger partial charge in [0.1, 0.15) is 6.23 Å². The number of aliphatic hydroxyl groups excluding tert-OH is 1. The van der Waals surface area contributed by atoms with Crippen LogP contribution >= 0.6 is 0 Å². The van der Waals surface area contributed by atoms with E-state index in [1.165, 1.54) is 6.08 Å². The van der Waals surface area contributed by atoms with E-state index >= 15 is 0 Å². The molecule has 0 aliphatic carbocycles. The molecule has 1 aliphatic heterocycles. The highest BCUT2D eigenvalue weighted by molar-refractivity contribution is 5.94. The Morgan fingerprint density at radius 2 is 2.38 bits per heavy atom. The quantitative estimate of drug-likeness (QED) is 0.476. The Kier molecular flexibility index (Phi) is 4.94. The molecule has 16 heavy (non-hydrogen) atoms. The Hall–Kier alpha value is -1.40. The number of hydrogen-bond acceptors (Lipinski definition) is 5. The minimum absolute atomic E-state index is 0.0136. The zero-order chi connectivity index (χ0) is 12.0. The predicted octanol–water partition coefficient (Wildman–Crippen LogP) is -0.798. The minimum Gasteiger partial charge on any atom is -0.394 e. The molecule has 0 spiro atoms. The van der Waals surface area contributed by atoms with E-state index in [1.807, 2.05) is 5.32 Å². The largest absolute Gasteiger partial charge is 0.394 e. The molecular weight excluding hydrogens is 212 g/mol. The summed E-state index contributed by atoms with van der Waals surface area (Å²) in [4.78, 5) is 22.6. The Morgan fingerprint density at radius 1 is 1.62 bits per heavy atom. The Balaban J connectivity index is 2.37. The molecule has 2 amide bonds. The zero-order valence-corrected chi connectivity index (χ0v) is 9.13. The molecule has 90 valence electrons. The summed E-state index contributed by atoms with van der Waals surface area (Å²) in [5.41, 5.74) is 0. The average molecular weight is 228 g/mol. The van der Waals surface area contributed by atoms with Crippen LogP contribution in [0.2, 0.25) is 0 Å². The molecule has 2 N–H and O–H groups in total. The van der Waals surface area contributed by atoms with Crippen LogP contribution in [0.15, 0.2) is 12.3 Å². The molecule has 1 heterocycles. The van der Waals surface area contributed by atoms with Crippen LogP contribution in [0.3, 0.4) is 0 Å². The third kappa shape index (κ3) is 3.63. The molecule has 1 aliphatic rings. The molecular formula is C10H16N2O4. The van der Waals surface area contributed by atoms with Crippen LogP contribution in [0.4, 0.5) is 0 Å². The van der Waals surface area contributed by atoms with Crippen LogP contribution < -0.4 is 5.32 Å². The van der Waals surface area contributed by atoms with E-state index in [0.717, 1.165) is 12.8 Å². The van der Waals surface area contributed by atoms with Crippen molar-refractivity contribution < 1.29 is 19.4 Å². The van der Waals surface area contributed by atoms with Gasteiger partial charge in [-0.25, -0.2) is 0 Å². The van der Waals surface area contributed by atoms with E-state index in [2.05, 4.69) is 0 Å². The van der Waals surface area contributed by atoms with Crippen LogP contribution in [0.5, 0.6) is 0 Å². The van der Waals surface area contributed by atoms with Gasteiger partial charge in [-0.15, -0.1) is 0 Å². The van der Waals surface area contributed by atoms with Gasteiger partial charge in [-0.2, -0.15) is 0 Å². The maximum absolute atomic E-state index is 10.9. The lowest BCUT2D eigenvalue weighted by Crippen LogP contribution is -2.28. The second-order valence-corrected chi connectivity index (χ2v) is 3.58. The summed E-state index contributed by atoms with van der Waals surface area (Å²) in [6.45, 7) is 0.0136. The Labute approximate surface area is 93.9 Å². The fourth-order valence-electron chi connectivity index (χ4n) is 1.51. The van der Waals surface area contributed by atoms with Gasteiger partial charge in [0.2, 0.25) is 6.41 Å². The predicted molar refractivity (Wildman–Crippen MR) is 56.1 cm³/mol. The number of aliphatic hydroxyl groups is 1. The second-order valence-electron chi connectivity index (χ2n) is 3.58. The van der Waals surface area contributed by atoms with E-state index in [1.54, 1.807) is 18.1 Å². The van der Waals surface area contributed by atoms with Gasteiger partial charge in [0, 0.05) is 19.3 Å². The molecule has 0 saturated carbocycles. The zero-order valence-electron chi connectivity index (χ0n) is 9.13. The topological polar surface area (TPSA) is 78.9 Å². The first-order chi connectivity index (χ1) is 7.67. The van der Waals surface area contributed by atoms with Gasteiger partial charge in [-0.1, -0.05) is 0 Å². The standard InChI is InChI=1S/C10H16N2O4/c1-12(5-4-9(15)11-7-14)10-3-2-8(6-13)16-10/h4-5,7-8,10,13H,2-3,6H2,1H3,(H,11,14,15)/b5-4-. The maximum atomic E-state index is 10.9. The highest BCUT2D eigenvalue weighted by Crippen LogP contribution is 2.21. The first-order valence-corrected chi connectivity index (χ1v) is 5.08. The number of carbonyl (C=O) groups excluding carboxylic acids is 2. The third-order valence-corrected chi connectivity index (χ3v) is 2.41. The number of rotatable bonds is 5. The lowest BCUT2D eigenvalue weighted by Gasteiger charge is -2.22. The van der Waals surface area contributed by atoms with Crippen LogP contribution in [-0.4, -0.2) is 48.3 Å². The average Bonchev–Trinajstić information content (AvgIpc) is 2.75. The molecule has 6 heteroatoms. The van der Waals surface area contributed by atoms with Crippen molar-refractivity contribution in [2.24, 2.45) is 0 Å². The van der Waals surface area contributed by atoms with Gasteiger partial charge in [-0.3, -0.25) is 14.9 Å². The van der Waals surface area contributed by atoms with Gasteiger partial charge in [0.05, 0.1) is 12.7 Å².